The van der Waals surface area contributed by atoms with Gasteiger partial charge < -0.3 is 0 Å². The molecule has 0 aliphatic carbocycles. The first-order valence-electron chi connectivity index (χ1n) is 3.75. The third kappa shape index (κ3) is 1.53. The van der Waals surface area contributed by atoms with Gasteiger partial charge in [-0.15, -0.1) is 12.1 Å². The Kier molecular flexibility index (Phi) is 2.38. The molecule has 0 heteroatoms. The summed E-state index contributed by atoms with van der Waals surface area (Å²) in [5.74, 6) is 0. The minimum atomic E-state index is 1.13. The van der Waals surface area contributed by atoms with Crippen molar-refractivity contribution in [1.29, 1.82) is 0 Å². The second-order valence-corrected chi connectivity index (χ2v) is 2.38. The van der Waals surface area contributed by atoms with Crippen LogP contribution < -0.4 is 0 Å². The number of hydrogen-bond donors (Lipinski definition) is 0. The number of aryl methyl sites for hydroxylation is 1. The molecule has 0 amide bonds. The van der Waals surface area contributed by atoms with Crippen molar-refractivity contribution in [3.8, 4) is 0 Å². The van der Waals surface area contributed by atoms with Gasteiger partial charge in [0, 0.05) is 0 Å². The zero-order valence-corrected chi connectivity index (χ0v) is 6.59. The van der Waals surface area contributed by atoms with Crippen molar-refractivity contribution in [2.24, 2.45) is 0 Å². The molecule has 0 nitrogen and oxygen atoms in total. The molecule has 0 aromatic heterocycles. The summed E-state index contributed by atoms with van der Waals surface area (Å²) in [6.45, 7) is 4.23. The van der Waals surface area contributed by atoms with E-state index in [9.17, 15) is 0 Å². The molecule has 0 radical (unpaired) electrons. The van der Waals surface area contributed by atoms with E-state index in [0.29, 0.717) is 0 Å². The van der Waals surface area contributed by atoms with Crippen molar-refractivity contribution in [3.05, 3.63) is 41.8 Å². The lowest BCUT2D eigenvalue weighted by Crippen LogP contribution is -1.80. The lowest BCUT2D eigenvalue weighted by atomic mass is 10.1. The zero-order chi connectivity index (χ0) is 7.40. The molecule has 0 unspecified atom stereocenters. The number of hydrogen-bond acceptors (Lipinski definition) is 0. The average Bonchev–Trinajstić information content (AvgIpc) is 2.05. The Balaban J connectivity index is 2.80. The Hall–Kier alpha value is -0.910. The molecular formula is C10H13-. The summed E-state index contributed by atoms with van der Waals surface area (Å²) >= 11 is 0. The molecule has 0 fully saturated rings. The van der Waals surface area contributed by atoms with Crippen LogP contribution in [0.4, 0.5) is 0 Å². The van der Waals surface area contributed by atoms with Crippen LogP contribution in [-0.4, -0.2) is 0 Å². The molecule has 0 bridgehead atoms. The maximum absolute atomic E-state index is 2.18. The summed E-state index contributed by atoms with van der Waals surface area (Å²) in [6.07, 6.45) is 3.24. The van der Waals surface area contributed by atoms with Crippen LogP contribution in [0.5, 0.6) is 0 Å². The highest BCUT2D eigenvalue weighted by atomic mass is 13.9. The molecule has 0 aliphatic heterocycles. The minimum absolute atomic E-state index is 1.13. The van der Waals surface area contributed by atoms with Crippen LogP contribution in [0.2, 0.25) is 0 Å². The van der Waals surface area contributed by atoms with Gasteiger partial charge in [0.2, 0.25) is 0 Å². The van der Waals surface area contributed by atoms with Crippen LogP contribution in [0.1, 0.15) is 25.0 Å². The van der Waals surface area contributed by atoms with Gasteiger partial charge in [-0.1, -0.05) is 19.4 Å². The third-order valence-electron chi connectivity index (χ3n) is 1.72. The molecule has 1 rings (SSSR count). The molecule has 0 heterocycles. The van der Waals surface area contributed by atoms with Gasteiger partial charge in [-0.2, -0.15) is 24.1 Å². The highest BCUT2D eigenvalue weighted by molar-refractivity contribution is 5.26. The van der Waals surface area contributed by atoms with Gasteiger partial charge in [0.25, 0.3) is 0 Å². The molecule has 0 aliphatic rings. The van der Waals surface area contributed by atoms with Crippen molar-refractivity contribution in [2.45, 2.75) is 20.3 Å². The van der Waals surface area contributed by atoms with E-state index in [1.165, 1.54) is 11.1 Å². The van der Waals surface area contributed by atoms with E-state index < -0.39 is 0 Å². The normalized spacial score (nSPS) is 9.40. The first-order valence-corrected chi connectivity index (χ1v) is 3.75. The van der Waals surface area contributed by atoms with E-state index in [2.05, 4.69) is 44.5 Å². The Bertz CT molecular complexity index is 161. The molecule has 0 saturated heterocycles. The van der Waals surface area contributed by atoms with E-state index in [1.54, 1.807) is 0 Å². The third-order valence-corrected chi connectivity index (χ3v) is 1.72. The van der Waals surface area contributed by atoms with Crippen molar-refractivity contribution in [1.82, 2.24) is 0 Å². The first-order chi connectivity index (χ1) is 4.86. The molecule has 1 aromatic rings. The summed E-state index contributed by atoms with van der Waals surface area (Å²) in [4.78, 5) is 0. The van der Waals surface area contributed by atoms with Gasteiger partial charge in [0.15, 0.2) is 0 Å². The van der Waals surface area contributed by atoms with Gasteiger partial charge in [0.1, 0.15) is 0 Å². The van der Waals surface area contributed by atoms with E-state index >= 15 is 0 Å². The Labute approximate surface area is 62.9 Å². The summed E-state index contributed by atoms with van der Waals surface area (Å²) in [5.41, 5.74) is 2.71. The predicted octanol–water partition coefficient (Wildman–Crippen LogP) is 2.82. The lowest BCUT2D eigenvalue weighted by molar-refractivity contribution is 1.14. The molecule has 10 heavy (non-hydrogen) atoms. The van der Waals surface area contributed by atoms with Crippen molar-refractivity contribution >= 4 is 0 Å². The smallest absolute Gasteiger partial charge is 0.0328 e. The van der Waals surface area contributed by atoms with Crippen LogP contribution in [0.15, 0.2) is 24.3 Å². The summed E-state index contributed by atoms with van der Waals surface area (Å²) in [6, 6.07) is 8.66. The first kappa shape index (κ1) is 7.20. The van der Waals surface area contributed by atoms with Crippen LogP contribution in [0.3, 0.4) is 0 Å². The standard InChI is InChI=1S/C10H13/c1-3-9-5-7-10(4-2)8-6-9/h3,5-8H,4H2,1-2H3/q-1. The minimum Gasteiger partial charge on any atom is -0.192 e. The second kappa shape index (κ2) is 3.31. The maximum Gasteiger partial charge on any atom is -0.0328 e. The lowest BCUT2D eigenvalue weighted by Gasteiger charge is -2.06. The van der Waals surface area contributed by atoms with Gasteiger partial charge in [-0.05, 0) is 6.42 Å². The van der Waals surface area contributed by atoms with Crippen molar-refractivity contribution < 1.29 is 0 Å². The largest absolute Gasteiger partial charge is 0.192 e. The maximum atomic E-state index is 2.18. The highest BCUT2D eigenvalue weighted by Crippen LogP contribution is 2.05. The van der Waals surface area contributed by atoms with E-state index in [0.717, 1.165) is 6.42 Å². The predicted molar refractivity (Wildman–Crippen MR) is 44.9 cm³/mol. The van der Waals surface area contributed by atoms with Gasteiger partial charge in [-0.3, -0.25) is 0 Å². The summed E-state index contributed by atoms with van der Waals surface area (Å²) < 4.78 is 0. The highest BCUT2D eigenvalue weighted by Gasteiger charge is 1.81. The molecule has 0 saturated carbocycles. The van der Waals surface area contributed by atoms with Crippen LogP contribution in [0.25, 0.3) is 0 Å². The fourth-order valence-corrected chi connectivity index (χ4v) is 0.946. The van der Waals surface area contributed by atoms with Crippen molar-refractivity contribution in [2.75, 3.05) is 0 Å². The zero-order valence-electron chi connectivity index (χ0n) is 6.59. The monoisotopic (exact) mass is 133 g/mol. The Morgan fingerprint density at radius 3 is 2.20 bits per heavy atom. The van der Waals surface area contributed by atoms with Gasteiger partial charge >= 0.3 is 0 Å². The van der Waals surface area contributed by atoms with Crippen LogP contribution >= 0.6 is 0 Å². The van der Waals surface area contributed by atoms with Crippen LogP contribution in [0, 0.1) is 6.42 Å². The van der Waals surface area contributed by atoms with E-state index in [4.69, 9.17) is 0 Å². The quantitative estimate of drug-likeness (QED) is 0.544. The molecule has 1 aromatic carbocycles. The topological polar surface area (TPSA) is 0 Å². The summed E-state index contributed by atoms with van der Waals surface area (Å²) in [7, 11) is 0. The average molecular weight is 133 g/mol. The Morgan fingerprint density at radius 2 is 1.80 bits per heavy atom. The van der Waals surface area contributed by atoms with Gasteiger partial charge in [-0.25, -0.2) is 0 Å². The fourth-order valence-electron chi connectivity index (χ4n) is 0.946. The van der Waals surface area contributed by atoms with Crippen LogP contribution in [-0.2, 0) is 6.42 Å². The molecular weight excluding hydrogens is 120 g/mol. The SMILES string of the molecule is C[CH-]c1ccc(CC)cc1. The van der Waals surface area contributed by atoms with E-state index in [-0.39, 0.29) is 0 Å². The molecule has 54 valence electrons. The fraction of sp³-hybridized carbons (Fsp3) is 0.300. The Morgan fingerprint density at radius 1 is 1.20 bits per heavy atom. The number of benzene rings is 1. The molecule has 0 spiro atoms. The summed E-state index contributed by atoms with van der Waals surface area (Å²) in [5, 5.41) is 0. The molecule has 0 N–H and O–H groups in total. The van der Waals surface area contributed by atoms with E-state index in [1.807, 2.05) is 0 Å². The second-order valence-electron chi connectivity index (χ2n) is 2.38. The van der Waals surface area contributed by atoms with Crippen molar-refractivity contribution in [3.63, 3.8) is 0 Å². The molecule has 0 atom stereocenters. The number of rotatable bonds is 2. The van der Waals surface area contributed by atoms with Gasteiger partial charge in [0.05, 0.1) is 0 Å².